The van der Waals surface area contributed by atoms with Crippen LogP contribution in [0.25, 0.3) is 11.0 Å². The van der Waals surface area contributed by atoms with Crippen molar-refractivity contribution in [2.45, 2.75) is 58.9 Å². The van der Waals surface area contributed by atoms with Gasteiger partial charge in [0.2, 0.25) is 5.76 Å². The molecular formula is C28H33NO5. The van der Waals surface area contributed by atoms with Crippen LogP contribution in [0.4, 0.5) is 0 Å². The molecule has 1 aliphatic heterocycles. The third kappa shape index (κ3) is 4.54. The van der Waals surface area contributed by atoms with E-state index in [2.05, 4.69) is 13.8 Å². The van der Waals surface area contributed by atoms with Crippen LogP contribution in [0.15, 0.2) is 51.7 Å². The molecule has 0 bridgehead atoms. The van der Waals surface area contributed by atoms with E-state index in [9.17, 15) is 9.59 Å². The number of rotatable bonds is 11. The third-order valence-corrected chi connectivity index (χ3v) is 6.21. The Morgan fingerprint density at radius 2 is 1.71 bits per heavy atom. The Balaban J connectivity index is 1.82. The molecule has 34 heavy (non-hydrogen) atoms. The Morgan fingerprint density at radius 3 is 2.47 bits per heavy atom. The number of unbranched alkanes of at least 4 members (excludes halogenated alkanes) is 3. The number of hydrogen-bond donors (Lipinski definition) is 0. The van der Waals surface area contributed by atoms with Crippen LogP contribution in [0.2, 0.25) is 0 Å². The molecule has 2 aromatic carbocycles. The monoisotopic (exact) mass is 463 g/mol. The zero-order valence-corrected chi connectivity index (χ0v) is 20.3. The van der Waals surface area contributed by atoms with Gasteiger partial charge in [-0.05, 0) is 49.6 Å². The maximum atomic E-state index is 13.6. The van der Waals surface area contributed by atoms with Gasteiger partial charge in [0.05, 0.1) is 30.2 Å². The summed E-state index contributed by atoms with van der Waals surface area (Å²) in [6.07, 6.45) is 4.90. The van der Waals surface area contributed by atoms with E-state index in [0.717, 1.165) is 37.7 Å². The van der Waals surface area contributed by atoms with E-state index in [-0.39, 0.29) is 17.1 Å². The van der Waals surface area contributed by atoms with Crippen LogP contribution in [0, 0.1) is 0 Å². The molecule has 1 unspecified atom stereocenters. The second-order valence-corrected chi connectivity index (χ2v) is 8.62. The van der Waals surface area contributed by atoms with E-state index in [0.29, 0.717) is 47.8 Å². The average molecular weight is 464 g/mol. The fraction of sp³-hybridized carbons (Fsp3) is 0.429. The van der Waals surface area contributed by atoms with Gasteiger partial charge in [0.1, 0.15) is 5.58 Å². The molecule has 4 rings (SSSR count). The van der Waals surface area contributed by atoms with Crippen molar-refractivity contribution in [1.29, 1.82) is 0 Å². The molecule has 0 saturated carbocycles. The number of ether oxygens (including phenoxy) is 2. The summed E-state index contributed by atoms with van der Waals surface area (Å²) in [5.74, 6) is 1.20. The second kappa shape index (κ2) is 10.8. The third-order valence-electron chi connectivity index (χ3n) is 6.21. The summed E-state index contributed by atoms with van der Waals surface area (Å²) < 4.78 is 17.8. The van der Waals surface area contributed by atoms with Gasteiger partial charge in [-0.25, -0.2) is 0 Å². The lowest BCUT2D eigenvalue weighted by Gasteiger charge is -2.26. The van der Waals surface area contributed by atoms with Gasteiger partial charge in [-0.2, -0.15) is 0 Å². The van der Waals surface area contributed by atoms with E-state index in [1.807, 2.05) is 31.2 Å². The van der Waals surface area contributed by atoms with Crippen LogP contribution in [0.1, 0.15) is 80.6 Å². The number of carbonyl (C=O) groups excluding carboxylic acids is 1. The minimum Gasteiger partial charge on any atom is -0.490 e. The van der Waals surface area contributed by atoms with Crippen LogP contribution < -0.4 is 14.9 Å². The molecule has 1 aromatic heterocycles. The number of hydrogen-bond acceptors (Lipinski definition) is 5. The minimum atomic E-state index is -0.524. The second-order valence-electron chi connectivity index (χ2n) is 8.62. The number of benzene rings is 2. The summed E-state index contributed by atoms with van der Waals surface area (Å²) in [5, 5.41) is 0.485. The van der Waals surface area contributed by atoms with Gasteiger partial charge in [-0.3, -0.25) is 9.59 Å². The zero-order valence-electron chi connectivity index (χ0n) is 20.3. The standard InChI is InChI=1S/C28H33NO5/c1-4-7-11-16-29-25(19-14-15-22(33-17-8-5-2)23(18-19)32-6-3)24-26(30)20-12-9-10-13-21(20)34-27(24)28(29)31/h9-10,12-15,18,25H,4-8,11,16-17H2,1-3H3. The van der Waals surface area contributed by atoms with E-state index >= 15 is 0 Å². The Bertz CT molecular complexity index is 1220. The predicted molar refractivity (Wildman–Crippen MR) is 133 cm³/mol. The van der Waals surface area contributed by atoms with Crippen LogP contribution >= 0.6 is 0 Å². The van der Waals surface area contributed by atoms with Gasteiger partial charge >= 0.3 is 0 Å². The predicted octanol–water partition coefficient (Wildman–Crippen LogP) is 6.11. The molecule has 0 fully saturated rings. The van der Waals surface area contributed by atoms with Crippen LogP contribution in [-0.4, -0.2) is 30.6 Å². The molecular weight excluding hydrogens is 430 g/mol. The average Bonchev–Trinajstić information content (AvgIpc) is 3.12. The van der Waals surface area contributed by atoms with Crippen LogP contribution in [0.3, 0.4) is 0 Å². The molecule has 0 saturated heterocycles. The maximum Gasteiger partial charge on any atom is 0.290 e. The van der Waals surface area contributed by atoms with Gasteiger partial charge in [0, 0.05) is 6.54 Å². The number of nitrogens with zero attached hydrogens (tertiary/aromatic N) is 1. The number of fused-ring (bicyclic) bond motifs is 2. The van der Waals surface area contributed by atoms with Crippen molar-refractivity contribution in [3.63, 3.8) is 0 Å². The minimum absolute atomic E-state index is 0.145. The summed E-state index contributed by atoms with van der Waals surface area (Å²) in [6.45, 7) is 7.82. The van der Waals surface area contributed by atoms with Crippen molar-refractivity contribution in [2.75, 3.05) is 19.8 Å². The van der Waals surface area contributed by atoms with Crippen molar-refractivity contribution in [2.24, 2.45) is 0 Å². The Labute approximate surface area is 200 Å². The van der Waals surface area contributed by atoms with Crippen molar-refractivity contribution in [1.82, 2.24) is 4.90 Å². The fourth-order valence-corrected chi connectivity index (χ4v) is 4.49. The van der Waals surface area contributed by atoms with E-state index < -0.39 is 6.04 Å². The van der Waals surface area contributed by atoms with Crippen molar-refractivity contribution >= 4 is 16.9 Å². The Hall–Kier alpha value is -3.28. The molecule has 2 heterocycles. The van der Waals surface area contributed by atoms with Crippen molar-refractivity contribution in [3.8, 4) is 11.5 Å². The smallest absolute Gasteiger partial charge is 0.290 e. The Morgan fingerprint density at radius 1 is 0.912 bits per heavy atom. The summed E-state index contributed by atoms with van der Waals surface area (Å²) >= 11 is 0. The number of carbonyl (C=O) groups is 1. The van der Waals surface area contributed by atoms with Gasteiger partial charge < -0.3 is 18.8 Å². The van der Waals surface area contributed by atoms with Crippen LogP contribution in [-0.2, 0) is 0 Å². The van der Waals surface area contributed by atoms with Gasteiger partial charge in [0.25, 0.3) is 5.91 Å². The fourth-order valence-electron chi connectivity index (χ4n) is 4.49. The van der Waals surface area contributed by atoms with E-state index in [4.69, 9.17) is 13.9 Å². The molecule has 0 radical (unpaired) electrons. The lowest BCUT2D eigenvalue weighted by molar-refractivity contribution is 0.0724. The van der Waals surface area contributed by atoms with Crippen molar-refractivity contribution < 1.29 is 18.7 Å². The molecule has 1 atom stereocenters. The SMILES string of the molecule is CCCCCN1C(=O)c2oc3ccccc3c(=O)c2C1c1ccc(OCCCC)c(OCC)c1. The van der Waals surface area contributed by atoms with Gasteiger partial charge in [0.15, 0.2) is 16.9 Å². The highest BCUT2D eigenvalue weighted by atomic mass is 16.5. The van der Waals surface area contributed by atoms with Gasteiger partial charge in [-0.15, -0.1) is 0 Å². The Kier molecular flexibility index (Phi) is 7.56. The maximum absolute atomic E-state index is 13.6. The topological polar surface area (TPSA) is 69.0 Å². The molecule has 6 nitrogen and oxygen atoms in total. The van der Waals surface area contributed by atoms with E-state index in [1.165, 1.54) is 0 Å². The first kappa shape index (κ1) is 23.9. The number of amides is 1. The highest BCUT2D eigenvalue weighted by Crippen LogP contribution is 2.41. The highest BCUT2D eigenvalue weighted by Gasteiger charge is 2.42. The molecule has 180 valence electrons. The molecule has 3 aromatic rings. The zero-order chi connectivity index (χ0) is 24.1. The first-order valence-electron chi connectivity index (χ1n) is 12.4. The van der Waals surface area contributed by atoms with E-state index in [1.54, 1.807) is 23.1 Å². The van der Waals surface area contributed by atoms with Crippen molar-refractivity contribution in [3.05, 3.63) is 69.6 Å². The highest BCUT2D eigenvalue weighted by molar-refractivity contribution is 5.99. The van der Waals surface area contributed by atoms with Crippen LogP contribution in [0.5, 0.6) is 11.5 Å². The lowest BCUT2D eigenvalue weighted by Crippen LogP contribution is -2.30. The largest absolute Gasteiger partial charge is 0.490 e. The normalized spacial score (nSPS) is 15.1. The molecule has 0 N–H and O–H groups in total. The summed E-state index contributed by atoms with van der Waals surface area (Å²) in [4.78, 5) is 28.8. The summed E-state index contributed by atoms with van der Waals surface area (Å²) in [7, 11) is 0. The first-order chi connectivity index (χ1) is 16.6. The van der Waals surface area contributed by atoms with Gasteiger partial charge in [-0.1, -0.05) is 51.3 Å². The summed E-state index contributed by atoms with van der Waals surface area (Å²) in [6, 6.07) is 12.3. The first-order valence-corrected chi connectivity index (χ1v) is 12.4. The molecule has 0 spiro atoms. The molecule has 0 aliphatic carbocycles. The molecule has 1 aliphatic rings. The number of para-hydroxylation sites is 1. The molecule has 1 amide bonds. The summed E-state index contributed by atoms with van der Waals surface area (Å²) in [5.41, 5.74) is 1.50. The lowest BCUT2D eigenvalue weighted by atomic mass is 9.98. The quantitative estimate of drug-likeness (QED) is 0.321. The molecule has 6 heteroatoms.